The van der Waals surface area contributed by atoms with Crippen molar-refractivity contribution in [3.05, 3.63) is 0 Å². The summed E-state index contributed by atoms with van der Waals surface area (Å²) in [6.07, 6.45) is 2.78. The molecule has 1 unspecified atom stereocenters. The summed E-state index contributed by atoms with van der Waals surface area (Å²) in [5, 5.41) is 9.50. The van der Waals surface area contributed by atoms with Crippen molar-refractivity contribution in [2.45, 2.75) is 39.2 Å². The highest BCUT2D eigenvalue weighted by Crippen LogP contribution is 2.08. The van der Waals surface area contributed by atoms with E-state index in [1.807, 2.05) is 0 Å². The maximum atomic E-state index is 9.50. The van der Waals surface area contributed by atoms with Crippen LogP contribution in [0.15, 0.2) is 0 Å². The smallest absolute Gasteiger partial charge is 0.0773 e. The second kappa shape index (κ2) is 9.44. The second-order valence-electron chi connectivity index (χ2n) is 4.05. The Balaban J connectivity index is 3.15. The van der Waals surface area contributed by atoms with Gasteiger partial charge in [0.2, 0.25) is 0 Å². The minimum absolute atomic E-state index is 0.314. The van der Waals surface area contributed by atoms with E-state index in [1.54, 1.807) is 7.11 Å². The molecule has 0 saturated carbocycles. The lowest BCUT2D eigenvalue weighted by Gasteiger charge is -2.11. The molecule has 14 heavy (non-hydrogen) atoms. The number of aliphatic hydroxyl groups is 1. The molecule has 0 heterocycles. The minimum atomic E-state index is -0.314. The van der Waals surface area contributed by atoms with Crippen LogP contribution in [-0.2, 0) is 9.47 Å². The molecule has 0 radical (unpaired) electrons. The van der Waals surface area contributed by atoms with Crippen molar-refractivity contribution >= 4 is 0 Å². The SMILES string of the molecule is COCCOCC(O)CCCC(C)C. The average molecular weight is 204 g/mol. The summed E-state index contributed by atoms with van der Waals surface area (Å²) in [6.45, 7) is 5.99. The van der Waals surface area contributed by atoms with Gasteiger partial charge in [-0.25, -0.2) is 0 Å². The van der Waals surface area contributed by atoms with E-state index >= 15 is 0 Å². The summed E-state index contributed by atoms with van der Waals surface area (Å²) in [7, 11) is 1.64. The highest BCUT2D eigenvalue weighted by molar-refractivity contribution is 4.55. The second-order valence-corrected chi connectivity index (χ2v) is 4.05. The van der Waals surface area contributed by atoms with E-state index in [0.717, 1.165) is 18.8 Å². The van der Waals surface area contributed by atoms with Gasteiger partial charge in [-0.15, -0.1) is 0 Å². The fourth-order valence-corrected chi connectivity index (χ4v) is 1.21. The Labute approximate surface area is 87.4 Å². The zero-order chi connectivity index (χ0) is 10.8. The summed E-state index contributed by atoms with van der Waals surface area (Å²) >= 11 is 0. The third-order valence-electron chi connectivity index (χ3n) is 2.06. The molecule has 0 aliphatic carbocycles. The number of hydrogen-bond acceptors (Lipinski definition) is 3. The normalized spacial score (nSPS) is 13.5. The van der Waals surface area contributed by atoms with E-state index in [-0.39, 0.29) is 6.10 Å². The molecule has 0 amide bonds. The maximum Gasteiger partial charge on any atom is 0.0773 e. The molecule has 0 rings (SSSR count). The Morgan fingerprint density at radius 2 is 1.86 bits per heavy atom. The van der Waals surface area contributed by atoms with Crippen LogP contribution in [0, 0.1) is 5.92 Å². The zero-order valence-electron chi connectivity index (χ0n) is 9.66. The van der Waals surface area contributed by atoms with Gasteiger partial charge in [0, 0.05) is 7.11 Å². The van der Waals surface area contributed by atoms with Gasteiger partial charge in [0.15, 0.2) is 0 Å². The number of hydrogen-bond donors (Lipinski definition) is 1. The fourth-order valence-electron chi connectivity index (χ4n) is 1.21. The van der Waals surface area contributed by atoms with Crippen molar-refractivity contribution < 1.29 is 14.6 Å². The largest absolute Gasteiger partial charge is 0.391 e. The molecule has 0 bridgehead atoms. The topological polar surface area (TPSA) is 38.7 Å². The molecule has 1 N–H and O–H groups in total. The van der Waals surface area contributed by atoms with Crippen molar-refractivity contribution in [2.24, 2.45) is 5.92 Å². The molecular weight excluding hydrogens is 180 g/mol. The van der Waals surface area contributed by atoms with Crippen molar-refractivity contribution in [3.8, 4) is 0 Å². The standard InChI is InChI=1S/C11H24O3/c1-10(2)5-4-6-11(12)9-14-8-7-13-3/h10-12H,4-9H2,1-3H3. The lowest BCUT2D eigenvalue weighted by molar-refractivity contribution is 0.00933. The molecule has 0 aliphatic rings. The molecule has 3 heteroatoms. The summed E-state index contributed by atoms with van der Waals surface area (Å²) in [5.74, 6) is 0.719. The van der Waals surface area contributed by atoms with E-state index in [1.165, 1.54) is 6.42 Å². The van der Waals surface area contributed by atoms with Gasteiger partial charge in [-0.05, 0) is 12.3 Å². The first-order chi connectivity index (χ1) is 6.66. The molecule has 0 aromatic carbocycles. The monoisotopic (exact) mass is 204 g/mol. The first-order valence-electron chi connectivity index (χ1n) is 5.41. The Morgan fingerprint density at radius 3 is 2.43 bits per heavy atom. The molecule has 0 aliphatic heterocycles. The van der Waals surface area contributed by atoms with Gasteiger partial charge in [0.05, 0.1) is 25.9 Å². The Bertz CT molecular complexity index is 115. The van der Waals surface area contributed by atoms with E-state index in [4.69, 9.17) is 9.47 Å². The van der Waals surface area contributed by atoms with Gasteiger partial charge in [-0.1, -0.05) is 26.7 Å². The molecular formula is C11H24O3. The van der Waals surface area contributed by atoms with E-state index in [2.05, 4.69) is 13.8 Å². The van der Waals surface area contributed by atoms with Gasteiger partial charge >= 0.3 is 0 Å². The van der Waals surface area contributed by atoms with Crippen molar-refractivity contribution in [1.29, 1.82) is 0 Å². The number of methoxy groups -OCH3 is 1. The molecule has 0 spiro atoms. The summed E-state index contributed by atoms with van der Waals surface area (Å²) in [6, 6.07) is 0. The van der Waals surface area contributed by atoms with Crippen LogP contribution >= 0.6 is 0 Å². The van der Waals surface area contributed by atoms with Gasteiger partial charge in [-0.3, -0.25) is 0 Å². The lowest BCUT2D eigenvalue weighted by Crippen LogP contribution is -2.17. The van der Waals surface area contributed by atoms with Gasteiger partial charge in [0.1, 0.15) is 0 Å². The average Bonchev–Trinajstić information content (AvgIpc) is 2.12. The van der Waals surface area contributed by atoms with Crippen LogP contribution in [0.4, 0.5) is 0 Å². The quantitative estimate of drug-likeness (QED) is 0.582. The highest BCUT2D eigenvalue weighted by atomic mass is 16.5. The summed E-state index contributed by atoms with van der Waals surface area (Å²) < 4.78 is 10.0. The number of ether oxygens (including phenoxy) is 2. The van der Waals surface area contributed by atoms with Crippen LogP contribution in [-0.4, -0.2) is 38.1 Å². The van der Waals surface area contributed by atoms with E-state index < -0.39 is 0 Å². The Kier molecular flexibility index (Phi) is 9.35. The highest BCUT2D eigenvalue weighted by Gasteiger charge is 2.04. The zero-order valence-corrected chi connectivity index (χ0v) is 9.66. The van der Waals surface area contributed by atoms with Crippen molar-refractivity contribution in [1.82, 2.24) is 0 Å². The van der Waals surface area contributed by atoms with Crippen LogP contribution in [0.25, 0.3) is 0 Å². The third kappa shape index (κ3) is 9.96. The Hall–Kier alpha value is -0.120. The first-order valence-corrected chi connectivity index (χ1v) is 5.41. The molecule has 0 saturated heterocycles. The van der Waals surface area contributed by atoms with Crippen LogP contribution < -0.4 is 0 Å². The van der Waals surface area contributed by atoms with Gasteiger partial charge < -0.3 is 14.6 Å². The van der Waals surface area contributed by atoms with E-state index in [0.29, 0.717) is 19.8 Å². The number of rotatable bonds is 9. The lowest BCUT2D eigenvalue weighted by atomic mass is 10.0. The molecule has 3 nitrogen and oxygen atoms in total. The maximum absolute atomic E-state index is 9.50. The minimum Gasteiger partial charge on any atom is -0.391 e. The van der Waals surface area contributed by atoms with Crippen molar-refractivity contribution in [3.63, 3.8) is 0 Å². The van der Waals surface area contributed by atoms with Crippen molar-refractivity contribution in [2.75, 3.05) is 26.9 Å². The predicted octanol–water partition coefficient (Wildman–Crippen LogP) is 1.84. The molecule has 86 valence electrons. The van der Waals surface area contributed by atoms with Gasteiger partial charge in [0.25, 0.3) is 0 Å². The summed E-state index contributed by atoms with van der Waals surface area (Å²) in [4.78, 5) is 0. The Morgan fingerprint density at radius 1 is 1.14 bits per heavy atom. The number of aliphatic hydroxyl groups excluding tert-OH is 1. The summed E-state index contributed by atoms with van der Waals surface area (Å²) in [5.41, 5.74) is 0. The van der Waals surface area contributed by atoms with Crippen LogP contribution in [0.3, 0.4) is 0 Å². The first kappa shape index (κ1) is 13.9. The molecule has 0 aromatic heterocycles. The van der Waals surface area contributed by atoms with Crippen LogP contribution in [0.5, 0.6) is 0 Å². The molecule has 1 atom stereocenters. The third-order valence-corrected chi connectivity index (χ3v) is 2.06. The van der Waals surface area contributed by atoms with Crippen LogP contribution in [0.1, 0.15) is 33.1 Å². The fraction of sp³-hybridized carbons (Fsp3) is 1.00. The molecule has 0 fully saturated rings. The van der Waals surface area contributed by atoms with E-state index in [9.17, 15) is 5.11 Å². The predicted molar refractivity (Wildman–Crippen MR) is 57.4 cm³/mol. The molecule has 0 aromatic rings. The van der Waals surface area contributed by atoms with Crippen LogP contribution in [0.2, 0.25) is 0 Å². The van der Waals surface area contributed by atoms with Gasteiger partial charge in [-0.2, -0.15) is 0 Å².